The number of Topliss-reactive ketones (excluding diaryl/α,β-unsaturated/α-hetero) is 1. The van der Waals surface area contributed by atoms with E-state index in [9.17, 15) is 19.8 Å². The van der Waals surface area contributed by atoms with Crippen LogP contribution in [0.15, 0.2) is 28.9 Å². The molecular weight excluding hydrogens is 496 g/mol. The summed E-state index contributed by atoms with van der Waals surface area (Å²) in [4.78, 5) is 25.0. The highest BCUT2D eigenvalue weighted by molar-refractivity contribution is 6.06. The molecule has 3 saturated carbocycles. The number of aliphatic hydroxyl groups is 2. The highest BCUT2D eigenvalue weighted by atomic mass is 16.5. The van der Waals surface area contributed by atoms with Crippen LogP contribution in [0.2, 0.25) is 0 Å². The van der Waals surface area contributed by atoms with Crippen LogP contribution >= 0.6 is 0 Å². The van der Waals surface area contributed by atoms with Crippen LogP contribution in [0.5, 0.6) is 0 Å². The van der Waals surface area contributed by atoms with E-state index in [1.807, 2.05) is 19.9 Å². The summed E-state index contributed by atoms with van der Waals surface area (Å²) < 4.78 is 10.9. The molecular formula is C31H48N2O6. The molecule has 2 unspecified atom stereocenters. The number of hydrazone groups is 1. The van der Waals surface area contributed by atoms with Crippen molar-refractivity contribution in [2.75, 3.05) is 26.9 Å². The molecule has 0 aromatic carbocycles. The molecule has 4 aliphatic carbocycles. The van der Waals surface area contributed by atoms with Crippen LogP contribution in [-0.4, -0.2) is 66.3 Å². The summed E-state index contributed by atoms with van der Waals surface area (Å²) in [5.41, 5.74) is 3.77. The number of hydrogen-bond donors (Lipinski definition) is 3. The van der Waals surface area contributed by atoms with E-state index >= 15 is 0 Å². The second-order valence-electron chi connectivity index (χ2n) is 13.4. The number of amides is 1. The van der Waals surface area contributed by atoms with Gasteiger partial charge in [-0.05, 0) is 81.3 Å². The van der Waals surface area contributed by atoms with Crippen molar-refractivity contribution in [3.8, 4) is 0 Å². The van der Waals surface area contributed by atoms with E-state index in [4.69, 9.17) is 9.47 Å². The minimum absolute atomic E-state index is 0.0679. The highest BCUT2D eigenvalue weighted by Gasteiger charge is 2.64. The number of aliphatic hydroxyl groups excluding tert-OH is 2. The number of methoxy groups -OCH3 is 1. The van der Waals surface area contributed by atoms with E-state index in [2.05, 4.69) is 43.5 Å². The number of carbonyl (C=O) groups excluding carboxylic acids is 2. The first-order chi connectivity index (χ1) is 18.4. The Morgan fingerprint density at radius 2 is 2.00 bits per heavy atom. The fourth-order valence-electron chi connectivity index (χ4n) is 8.43. The van der Waals surface area contributed by atoms with Gasteiger partial charge < -0.3 is 19.7 Å². The van der Waals surface area contributed by atoms with Crippen LogP contribution in [0.25, 0.3) is 0 Å². The topological polar surface area (TPSA) is 117 Å². The summed E-state index contributed by atoms with van der Waals surface area (Å²) in [7, 11) is 1.68. The molecule has 3 fully saturated rings. The Hall–Kier alpha value is -1.87. The number of nitrogens with zero attached hydrogens (tertiary/aromatic N) is 1. The standard InChI is InChI=1S/C31H48N2O6/c1-19-15-23-22-8-7-20-16-21(32-33-26(37)10-13-39-14-12-29(2,3)38-6)9-11-30(20,4)28(22)24(35)17-31(23,5)27(19)25(36)18-34/h9,11,16,19,22-24,27-28,34-35H,7-8,10,12-15,17-18H2,1-6H3,(H,33,37)/b32-21+/t19-,22+,23?,24+,27-,28?,30+,31+/m1/s1. The van der Waals surface area contributed by atoms with E-state index in [0.29, 0.717) is 37.2 Å². The predicted octanol–water partition coefficient (Wildman–Crippen LogP) is 3.81. The van der Waals surface area contributed by atoms with Gasteiger partial charge >= 0.3 is 0 Å². The third-order valence-corrected chi connectivity index (χ3v) is 10.5. The Balaban J connectivity index is 1.38. The van der Waals surface area contributed by atoms with Gasteiger partial charge in [0.25, 0.3) is 0 Å². The van der Waals surface area contributed by atoms with Crippen molar-refractivity contribution >= 4 is 17.4 Å². The summed E-state index contributed by atoms with van der Waals surface area (Å²) in [5, 5.41) is 25.5. The van der Waals surface area contributed by atoms with Gasteiger partial charge in [0.1, 0.15) is 6.61 Å². The number of rotatable bonds is 10. The van der Waals surface area contributed by atoms with E-state index < -0.39 is 12.7 Å². The molecule has 1 amide bonds. The maximum absolute atomic E-state index is 12.7. The monoisotopic (exact) mass is 544 g/mol. The van der Waals surface area contributed by atoms with Gasteiger partial charge in [-0.3, -0.25) is 9.59 Å². The number of fused-ring (bicyclic) bond motifs is 5. The molecule has 218 valence electrons. The molecule has 0 aromatic heterocycles. The molecule has 0 aromatic rings. The van der Waals surface area contributed by atoms with Crippen LogP contribution in [0.4, 0.5) is 0 Å². The average molecular weight is 545 g/mol. The van der Waals surface area contributed by atoms with Crippen molar-refractivity contribution in [1.29, 1.82) is 0 Å². The van der Waals surface area contributed by atoms with Crippen molar-refractivity contribution in [2.45, 2.75) is 84.8 Å². The lowest BCUT2D eigenvalue weighted by Crippen LogP contribution is -2.56. The quantitative estimate of drug-likeness (QED) is 0.284. The van der Waals surface area contributed by atoms with Crippen LogP contribution in [0.1, 0.15) is 73.1 Å². The van der Waals surface area contributed by atoms with Crippen molar-refractivity contribution < 1.29 is 29.3 Å². The predicted molar refractivity (Wildman–Crippen MR) is 150 cm³/mol. The molecule has 0 spiro atoms. The zero-order chi connectivity index (χ0) is 28.6. The van der Waals surface area contributed by atoms with E-state index in [1.165, 1.54) is 5.57 Å². The van der Waals surface area contributed by atoms with Crippen LogP contribution in [0, 0.1) is 40.4 Å². The van der Waals surface area contributed by atoms with Gasteiger partial charge in [-0.2, -0.15) is 5.10 Å². The molecule has 0 saturated heterocycles. The lowest BCUT2D eigenvalue weighted by atomic mass is 9.46. The minimum atomic E-state index is -0.526. The third-order valence-electron chi connectivity index (χ3n) is 10.5. The number of hydrogen-bond acceptors (Lipinski definition) is 7. The maximum atomic E-state index is 12.7. The van der Waals surface area contributed by atoms with Gasteiger partial charge in [0.05, 0.1) is 30.4 Å². The molecule has 0 heterocycles. The van der Waals surface area contributed by atoms with Crippen molar-refractivity contribution in [3.05, 3.63) is 23.8 Å². The molecule has 8 heteroatoms. The Kier molecular flexibility index (Phi) is 8.91. The lowest BCUT2D eigenvalue weighted by Gasteiger charge is -2.58. The lowest BCUT2D eigenvalue weighted by molar-refractivity contribution is -0.142. The summed E-state index contributed by atoms with van der Waals surface area (Å²) in [6.07, 6.45) is 10.0. The summed E-state index contributed by atoms with van der Waals surface area (Å²) in [6.45, 7) is 10.9. The van der Waals surface area contributed by atoms with Crippen molar-refractivity contribution in [2.24, 2.45) is 45.5 Å². The number of ketones is 1. The fourth-order valence-corrected chi connectivity index (χ4v) is 8.43. The van der Waals surface area contributed by atoms with Gasteiger partial charge in [-0.25, -0.2) is 5.43 Å². The highest BCUT2D eigenvalue weighted by Crippen LogP contribution is 2.67. The molecule has 3 N–H and O–H groups in total. The van der Waals surface area contributed by atoms with Gasteiger partial charge in [0.15, 0.2) is 5.78 Å². The normalized spacial score (nSPS) is 38.6. The third kappa shape index (κ3) is 5.81. The molecule has 0 radical (unpaired) electrons. The molecule has 4 aliphatic rings. The molecule has 0 aliphatic heterocycles. The van der Waals surface area contributed by atoms with E-state index in [1.54, 1.807) is 7.11 Å². The van der Waals surface area contributed by atoms with Gasteiger partial charge in [0, 0.05) is 31.0 Å². The molecule has 8 atom stereocenters. The van der Waals surface area contributed by atoms with Crippen LogP contribution < -0.4 is 5.43 Å². The summed E-state index contributed by atoms with van der Waals surface area (Å²) in [6, 6.07) is 0. The Bertz CT molecular complexity index is 1030. The zero-order valence-corrected chi connectivity index (χ0v) is 24.5. The Morgan fingerprint density at radius 1 is 1.26 bits per heavy atom. The molecule has 4 rings (SSSR count). The second kappa shape index (κ2) is 11.6. The first-order valence-corrected chi connectivity index (χ1v) is 14.6. The van der Waals surface area contributed by atoms with Gasteiger partial charge in [0.2, 0.25) is 5.91 Å². The number of carbonyl (C=O) groups is 2. The van der Waals surface area contributed by atoms with E-state index in [-0.39, 0.29) is 52.3 Å². The first-order valence-electron chi connectivity index (χ1n) is 14.6. The second-order valence-corrected chi connectivity index (χ2v) is 13.4. The van der Waals surface area contributed by atoms with Crippen molar-refractivity contribution in [3.63, 3.8) is 0 Å². The Labute approximate surface area is 233 Å². The largest absolute Gasteiger partial charge is 0.393 e. The van der Waals surface area contributed by atoms with Crippen molar-refractivity contribution in [1.82, 2.24) is 5.43 Å². The van der Waals surface area contributed by atoms with Crippen LogP contribution in [-0.2, 0) is 19.1 Å². The zero-order valence-electron chi connectivity index (χ0n) is 24.5. The minimum Gasteiger partial charge on any atom is -0.393 e. The maximum Gasteiger partial charge on any atom is 0.242 e. The SMILES string of the molecule is COC(C)(C)CCOCCC(=O)N/N=C1\C=C[C@@]2(C)C(=C1)CC[C@@H]1C2[C@@H](O)C[C@@]2(C)C1C[C@@H](C)[C@@H]2C(=O)CO. The summed E-state index contributed by atoms with van der Waals surface area (Å²) >= 11 is 0. The number of allylic oxidation sites excluding steroid dienone is 4. The number of ether oxygens (including phenoxy) is 2. The fraction of sp³-hybridized carbons (Fsp3) is 0.774. The molecule has 0 bridgehead atoms. The van der Waals surface area contributed by atoms with E-state index in [0.717, 1.165) is 25.7 Å². The average Bonchev–Trinajstić information content (AvgIpc) is 3.15. The Morgan fingerprint density at radius 3 is 2.69 bits per heavy atom. The van der Waals surface area contributed by atoms with Gasteiger partial charge in [-0.1, -0.05) is 32.4 Å². The summed E-state index contributed by atoms with van der Waals surface area (Å²) in [5.74, 6) is 0.479. The molecule has 39 heavy (non-hydrogen) atoms. The number of nitrogens with one attached hydrogen (secondary N) is 1. The van der Waals surface area contributed by atoms with Crippen LogP contribution in [0.3, 0.4) is 0 Å². The van der Waals surface area contributed by atoms with Gasteiger partial charge in [-0.15, -0.1) is 0 Å². The molecule has 8 nitrogen and oxygen atoms in total. The first kappa shape index (κ1) is 30.1. The smallest absolute Gasteiger partial charge is 0.242 e.